The van der Waals surface area contributed by atoms with Gasteiger partial charge in [-0.2, -0.15) is 0 Å². The molecule has 0 aliphatic heterocycles. The van der Waals surface area contributed by atoms with E-state index in [-0.39, 0.29) is 18.9 Å². The Kier molecular flexibility index (Phi) is 4.57. The number of nitrogen functional groups attached to an aromatic ring is 1. The molecule has 0 radical (unpaired) electrons. The predicted molar refractivity (Wildman–Crippen MR) is 76.5 cm³/mol. The first kappa shape index (κ1) is 15.5. The van der Waals surface area contributed by atoms with Crippen LogP contribution in [0.15, 0.2) is 24.3 Å². The molecule has 0 saturated heterocycles. The lowest BCUT2D eigenvalue weighted by Crippen LogP contribution is -2.44. The molecule has 0 bridgehead atoms. The minimum atomic E-state index is -3.22. The van der Waals surface area contributed by atoms with E-state index in [4.69, 9.17) is 5.73 Å². The van der Waals surface area contributed by atoms with E-state index < -0.39 is 14.6 Å². The number of carbonyl (C=O) groups excluding carboxylic acids is 1. The SMILES string of the molecule is CC(C)(CNC(=O)Cc1ccccc1N)S(C)(=O)=O. The fraction of sp³-hybridized carbons (Fsp3) is 0.462. The molecule has 5 nitrogen and oxygen atoms in total. The Bertz CT molecular complexity index is 565. The zero-order valence-electron chi connectivity index (χ0n) is 11.4. The van der Waals surface area contributed by atoms with Gasteiger partial charge < -0.3 is 11.1 Å². The molecular weight excluding hydrogens is 264 g/mol. The topological polar surface area (TPSA) is 89.3 Å². The molecule has 1 aromatic rings. The summed E-state index contributed by atoms with van der Waals surface area (Å²) in [5.74, 6) is -0.241. The second-order valence-electron chi connectivity index (χ2n) is 5.18. The van der Waals surface area contributed by atoms with Gasteiger partial charge >= 0.3 is 0 Å². The van der Waals surface area contributed by atoms with E-state index in [0.717, 1.165) is 11.8 Å². The first-order valence-electron chi connectivity index (χ1n) is 5.93. The van der Waals surface area contributed by atoms with Crippen molar-refractivity contribution in [2.75, 3.05) is 18.5 Å². The highest BCUT2D eigenvalue weighted by atomic mass is 32.2. The molecule has 0 heterocycles. The summed E-state index contributed by atoms with van der Waals surface area (Å²) in [7, 11) is -3.22. The number of rotatable bonds is 5. The number of benzene rings is 1. The van der Waals surface area contributed by atoms with Crippen molar-refractivity contribution in [3.05, 3.63) is 29.8 Å². The Morgan fingerprint density at radius 2 is 1.89 bits per heavy atom. The maximum atomic E-state index is 11.8. The Balaban J connectivity index is 2.61. The summed E-state index contributed by atoms with van der Waals surface area (Å²) in [5, 5.41) is 2.63. The van der Waals surface area contributed by atoms with Crippen LogP contribution in [0, 0.1) is 0 Å². The van der Waals surface area contributed by atoms with Gasteiger partial charge in [-0.15, -0.1) is 0 Å². The van der Waals surface area contributed by atoms with Gasteiger partial charge in [-0.25, -0.2) is 8.42 Å². The highest BCUT2D eigenvalue weighted by Crippen LogP contribution is 2.14. The van der Waals surface area contributed by atoms with Gasteiger partial charge in [-0.3, -0.25) is 4.79 Å². The van der Waals surface area contributed by atoms with Crippen molar-refractivity contribution in [1.29, 1.82) is 0 Å². The van der Waals surface area contributed by atoms with Gasteiger partial charge in [0.05, 0.1) is 11.2 Å². The summed E-state index contributed by atoms with van der Waals surface area (Å²) in [6, 6.07) is 7.10. The average Bonchev–Trinajstić information content (AvgIpc) is 2.28. The van der Waals surface area contributed by atoms with E-state index in [0.29, 0.717) is 5.69 Å². The number of amides is 1. The average molecular weight is 284 g/mol. The van der Waals surface area contributed by atoms with Gasteiger partial charge in [0.25, 0.3) is 0 Å². The highest BCUT2D eigenvalue weighted by molar-refractivity contribution is 7.92. The monoisotopic (exact) mass is 284 g/mol. The molecule has 19 heavy (non-hydrogen) atoms. The molecule has 0 unspecified atom stereocenters. The number of hydrogen-bond donors (Lipinski definition) is 2. The Labute approximate surface area is 114 Å². The third kappa shape index (κ3) is 4.24. The minimum Gasteiger partial charge on any atom is -0.398 e. The lowest BCUT2D eigenvalue weighted by atomic mass is 10.1. The van der Waals surface area contributed by atoms with Crippen LogP contribution >= 0.6 is 0 Å². The standard InChI is InChI=1S/C13H20N2O3S/c1-13(2,19(3,17)18)9-15-12(16)8-10-6-4-5-7-11(10)14/h4-7H,8-9,14H2,1-3H3,(H,15,16). The normalized spacial score (nSPS) is 12.2. The van der Waals surface area contributed by atoms with Crippen LogP contribution in [-0.2, 0) is 21.1 Å². The van der Waals surface area contributed by atoms with E-state index >= 15 is 0 Å². The molecule has 0 aliphatic carbocycles. The summed E-state index contributed by atoms with van der Waals surface area (Å²) >= 11 is 0. The first-order chi connectivity index (χ1) is 8.63. The Morgan fingerprint density at radius 1 is 1.32 bits per heavy atom. The largest absolute Gasteiger partial charge is 0.398 e. The first-order valence-corrected chi connectivity index (χ1v) is 7.82. The van der Waals surface area contributed by atoms with E-state index in [9.17, 15) is 13.2 Å². The quantitative estimate of drug-likeness (QED) is 0.781. The van der Waals surface area contributed by atoms with Gasteiger partial charge in [0.2, 0.25) is 5.91 Å². The van der Waals surface area contributed by atoms with Gasteiger partial charge in [-0.1, -0.05) is 18.2 Å². The highest BCUT2D eigenvalue weighted by Gasteiger charge is 2.30. The van der Waals surface area contributed by atoms with Crippen LogP contribution in [-0.4, -0.2) is 31.9 Å². The molecule has 106 valence electrons. The maximum Gasteiger partial charge on any atom is 0.224 e. The molecule has 1 rings (SSSR count). The molecule has 0 fully saturated rings. The van der Waals surface area contributed by atoms with E-state index in [1.807, 2.05) is 0 Å². The number of nitrogens with one attached hydrogen (secondary N) is 1. The molecule has 0 atom stereocenters. The zero-order valence-corrected chi connectivity index (χ0v) is 12.3. The summed E-state index contributed by atoms with van der Waals surface area (Å²) in [4.78, 5) is 11.8. The molecular formula is C13H20N2O3S. The van der Waals surface area contributed by atoms with Crippen LogP contribution in [0.1, 0.15) is 19.4 Å². The second-order valence-corrected chi connectivity index (χ2v) is 7.83. The van der Waals surface area contributed by atoms with Crippen molar-refractivity contribution in [2.24, 2.45) is 0 Å². The van der Waals surface area contributed by atoms with Gasteiger partial charge in [0, 0.05) is 18.5 Å². The molecule has 0 saturated carbocycles. The smallest absolute Gasteiger partial charge is 0.224 e. The van der Waals surface area contributed by atoms with Gasteiger partial charge in [0.15, 0.2) is 9.84 Å². The van der Waals surface area contributed by atoms with Crippen LogP contribution in [0.3, 0.4) is 0 Å². The summed E-state index contributed by atoms with van der Waals surface area (Å²) in [5.41, 5.74) is 7.03. The Morgan fingerprint density at radius 3 is 2.42 bits per heavy atom. The van der Waals surface area contributed by atoms with Crippen molar-refractivity contribution >= 4 is 21.4 Å². The van der Waals surface area contributed by atoms with Gasteiger partial charge in [0.1, 0.15) is 0 Å². The minimum absolute atomic E-state index is 0.0808. The zero-order chi connectivity index (χ0) is 14.7. The van der Waals surface area contributed by atoms with Gasteiger partial charge in [-0.05, 0) is 25.5 Å². The fourth-order valence-corrected chi connectivity index (χ4v) is 1.71. The third-order valence-corrected chi connectivity index (χ3v) is 5.27. The van der Waals surface area contributed by atoms with Crippen molar-refractivity contribution in [3.63, 3.8) is 0 Å². The number of hydrogen-bond acceptors (Lipinski definition) is 4. The lowest BCUT2D eigenvalue weighted by molar-refractivity contribution is -0.120. The molecule has 0 aliphatic rings. The summed E-state index contributed by atoms with van der Waals surface area (Å²) in [6.07, 6.45) is 1.31. The molecule has 1 aromatic carbocycles. The molecule has 0 aromatic heterocycles. The van der Waals surface area contributed by atoms with Crippen LogP contribution in [0.25, 0.3) is 0 Å². The van der Waals surface area contributed by atoms with Crippen LogP contribution in [0.5, 0.6) is 0 Å². The number of nitrogens with two attached hydrogens (primary N) is 1. The van der Waals surface area contributed by atoms with E-state index in [2.05, 4.69) is 5.32 Å². The van der Waals surface area contributed by atoms with Crippen molar-refractivity contribution in [1.82, 2.24) is 5.32 Å². The van der Waals surface area contributed by atoms with E-state index in [1.165, 1.54) is 0 Å². The molecule has 3 N–H and O–H groups in total. The number of anilines is 1. The molecule has 0 spiro atoms. The molecule has 1 amide bonds. The summed E-state index contributed by atoms with van der Waals surface area (Å²) in [6.45, 7) is 3.25. The summed E-state index contributed by atoms with van der Waals surface area (Å²) < 4.78 is 22.0. The Hall–Kier alpha value is -1.56. The van der Waals surface area contributed by atoms with E-state index in [1.54, 1.807) is 38.1 Å². The number of para-hydroxylation sites is 1. The van der Waals surface area contributed by atoms with Crippen molar-refractivity contribution in [2.45, 2.75) is 25.0 Å². The van der Waals surface area contributed by atoms with Crippen LogP contribution < -0.4 is 11.1 Å². The van der Waals surface area contributed by atoms with Crippen molar-refractivity contribution < 1.29 is 13.2 Å². The molecule has 6 heteroatoms. The lowest BCUT2D eigenvalue weighted by Gasteiger charge is -2.22. The maximum absolute atomic E-state index is 11.8. The predicted octanol–water partition coefficient (Wildman–Crippen LogP) is 0.751. The fourth-order valence-electron chi connectivity index (χ4n) is 1.37. The van der Waals surface area contributed by atoms with Crippen molar-refractivity contribution in [3.8, 4) is 0 Å². The van der Waals surface area contributed by atoms with Crippen LogP contribution in [0.4, 0.5) is 5.69 Å². The second kappa shape index (κ2) is 5.61. The van der Waals surface area contributed by atoms with Crippen LogP contribution in [0.2, 0.25) is 0 Å². The number of carbonyl (C=O) groups is 1. The third-order valence-electron chi connectivity index (χ3n) is 3.12. The number of sulfone groups is 1.